The highest BCUT2D eigenvalue weighted by atomic mass is 79.9. The number of nitrogens with zero attached hydrogens (tertiary/aromatic N) is 2. The molecule has 0 atom stereocenters. The van der Waals surface area contributed by atoms with E-state index in [-0.39, 0.29) is 22.5 Å². The standard InChI is InChI=1S/C16H13BrN4O2/c17-5-2-6-23-11-4-1-3-10(7-11)14-12(8-18)15(20)21-16(22)13(14)9-19/h1,3-4,7H,2,5-6H2,(H3,20,21,22). The molecule has 6 nitrogen and oxygen atoms in total. The smallest absolute Gasteiger partial charge is 0.268 e. The van der Waals surface area contributed by atoms with Crippen LogP contribution in [0.4, 0.5) is 5.82 Å². The molecule has 0 radical (unpaired) electrons. The molecule has 0 amide bonds. The van der Waals surface area contributed by atoms with Gasteiger partial charge in [0.2, 0.25) is 0 Å². The lowest BCUT2D eigenvalue weighted by Gasteiger charge is -2.11. The van der Waals surface area contributed by atoms with Gasteiger partial charge in [0.25, 0.3) is 5.56 Å². The number of hydrogen-bond donors (Lipinski definition) is 2. The number of ether oxygens (including phenoxy) is 1. The molecule has 1 heterocycles. The van der Waals surface area contributed by atoms with Crippen LogP contribution in [0.3, 0.4) is 0 Å². The van der Waals surface area contributed by atoms with Gasteiger partial charge in [-0.25, -0.2) is 0 Å². The molecule has 0 spiro atoms. The van der Waals surface area contributed by atoms with Crippen LogP contribution in [0.1, 0.15) is 17.5 Å². The summed E-state index contributed by atoms with van der Waals surface area (Å²) >= 11 is 3.32. The zero-order valence-corrected chi connectivity index (χ0v) is 13.7. The molecule has 2 aromatic rings. The fourth-order valence-corrected chi connectivity index (χ4v) is 2.35. The molecule has 7 heteroatoms. The van der Waals surface area contributed by atoms with Gasteiger partial charge in [-0.05, 0) is 24.1 Å². The quantitative estimate of drug-likeness (QED) is 0.617. The van der Waals surface area contributed by atoms with E-state index in [0.29, 0.717) is 17.9 Å². The summed E-state index contributed by atoms with van der Waals surface area (Å²) in [5.74, 6) is 0.534. The van der Waals surface area contributed by atoms with E-state index in [1.54, 1.807) is 24.3 Å². The molecule has 23 heavy (non-hydrogen) atoms. The molecule has 0 aliphatic rings. The summed E-state index contributed by atoms with van der Waals surface area (Å²) in [7, 11) is 0. The van der Waals surface area contributed by atoms with Gasteiger partial charge in [-0.15, -0.1) is 0 Å². The topological polar surface area (TPSA) is 116 Å². The Morgan fingerprint density at radius 3 is 2.65 bits per heavy atom. The molecule has 0 aliphatic carbocycles. The number of aromatic amines is 1. The number of hydrogen-bond acceptors (Lipinski definition) is 5. The van der Waals surface area contributed by atoms with Crippen molar-refractivity contribution >= 4 is 21.7 Å². The lowest BCUT2D eigenvalue weighted by Crippen LogP contribution is -2.16. The van der Waals surface area contributed by atoms with Crippen LogP contribution in [0.15, 0.2) is 29.1 Å². The predicted octanol–water partition coefficient (Wildman–Crippen LogP) is 2.53. The van der Waals surface area contributed by atoms with Gasteiger partial charge in [0.15, 0.2) is 0 Å². The van der Waals surface area contributed by atoms with Crippen molar-refractivity contribution in [3.63, 3.8) is 0 Å². The minimum absolute atomic E-state index is 0.0582. The first kappa shape index (κ1) is 16.6. The van der Waals surface area contributed by atoms with E-state index in [2.05, 4.69) is 20.9 Å². The average molecular weight is 373 g/mol. The van der Waals surface area contributed by atoms with Crippen molar-refractivity contribution in [2.45, 2.75) is 6.42 Å². The number of anilines is 1. The van der Waals surface area contributed by atoms with Crippen LogP contribution in [0, 0.1) is 22.7 Å². The fourth-order valence-electron chi connectivity index (χ4n) is 2.12. The number of nitrogens with one attached hydrogen (secondary N) is 1. The molecule has 0 saturated heterocycles. The van der Waals surface area contributed by atoms with Crippen molar-refractivity contribution in [3.05, 3.63) is 45.7 Å². The minimum atomic E-state index is -0.621. The van der Waals surface area contributed by atoms with E-state index in [0.717, 1.165) is 11.8 Å². The van der Waals surface area contributed by atoms with Crippen LogP contribution >= 0.6 is 15.9 Å². The molecule has 0 aliphatic heterocycles. The molecule has 2 rings (SSSR count). The largest absolute Gasteiger partial charge is 0.494 e. The fraction of sp³-hybridized carbons (Fsp3) is 0.188. The summed E-state index contributed by atoms with van der Waals surface area (Å²) in [5, 5.41) is 19.4. The van der Waals surface area contributed by atoms with Crippen molar-refractivity contribution in [2.24, 2.45) is 0 Å². The molecular weight excluding hydrogens is 360 g/mol. The zero-order valence-electron chi connectivity index (χ0n) is 12.1. The third-order valence-electron chi connectivity index (χ3n) is 3.14. The highest BCUT2D eigenvalue weighted by molar-refractivity contribution is 9.09. The molecule has 0 unspecified atom stereocenters. The van der Waals surface area contributed by atoms with Crippen LogP contribution in [-0.4, -0.2) is 16.9 Å². The third kappa shape index (κ3) is 3.53. The van der Waals surface area contributed by atoms with Gasteiger partial charge in [0, 0.05) is 10.9 Å². The molecule has 1 aromatic carbocycles. The number of nitrogens with two attached hydrogens (primary N) is 1. The maximum Gasteiger partial charge on any atom is 0.268 e. The van der Waals surface area contributed by atoms with Gasteiger partial charge in [-0.1, -0.05) is 28.1 Å². The first-order chi connectivity index (χ1) is 11.1. The molecule has 0 bridgehead atoms. The van der Waals surface area contributed by atoms with Crippen LogP contribution in [0.25, 0.3) is 11.1 Å². The van der Waals surface area contributed by atoms with Gasteiger partial charge >= 0.3 is 0 Å². The SMILES string of the molecule is N#Cc1c(N)[nH]c(=O)c(C#N)c1-c1cccc(OCCCBr)c1. The number of alkyl halides is 1. The number of halogens is 1. The number of aromatic nitrogens is 1. The first-order valence-electron chi connectivity index (χ1n) is 6.77. The van der Waals surface area contributed by atoms with Crippen LogP contribution < -0.4 is 16.0 Å². The van der Waals surface area contributed by atoms with Gasteiger partial charge in [0.1, 0.15) is 34.8 Å². The molecule has 0 fully saturated rings. The summed E-state index contributed by atoms with van der Waals surface area (Å²) < 4.78 is 5.60. The third-order valence-corrected chi connectivity index (χ3v) is 3.70. The highest BCUT2D eigenvalue weighted by Crippen LogP contribution is 2.30. The first-order valence-corrected chi connectivity index (χ1v) is 7.89. The number of nitrogen functional groups attached to an aromatic ring is 1. The van der Waals surface area contributed by atoms with Crippen molar-refractivity contribution in [1.82, 2.24) is 4.98 Å². The second kappa shape index (κ2) is 7.48. The van der Waals surface area contributed by atoms with Gasteiger partial charge < -0.3 is 15.5 Å². The Bertz CT molecular complexity index is 862. The second-order valence-corrected chi connectivity index (χ2v) is 5.43. The van der Waals surface area contributed by atoms with E-state index in [1.807, 2.05) is 12.1 Å². The average Bonchev–Trinajstić information content (AvgIpc) is 2.55. The van der Waals surface area contributed by atoms with Crippen molar-refractivity contribution < 1.29 is 4.74 Å². The van der Waals surface area contributed by atoms with Crippen molar-refractivity contribution in [3.8, 4) is 29.0 Å². The van der Waals surface area contributed by atoms with Crippen LogP contribution in [0.2, 0.25) is 0 Å². The Kier molecular flexibility index (Phi) is 5.40. The Morgan fingerprint density at radius 2 is 2.00 bits per heavy atom. The van der Waals surface area contributed by atoms with Crippen LogP contribution in [-0.2, 0) is 0 Å². The molecular formula is C16H13BrN4O2. The summed E-state index contributed by atoms with van der Waals surface area (Å²) in [4.78, 5) is 14.2. The molecule has 1 aromatic heterocycles. The van der Waals surface area contributed by atoms with Crippen LogP contribution in [0.5, 0.6) is 5.75 Å². The van der Waals surface area contributed by atoms with E-state index in [1.165, 1.54) is 0 Å². The Hall–Kier alpha value is -2.77. The number of benzene rings is 1. The van der Waals surface area contributed by atoms with Crippen molar-refractivity contribution in [2.75, 3.05) is 17.7 Å². The molecule has 3 N–H and O–H groups in total. The number of H-pyrrole nitrogens is 1. The lowest BCUT2D eigenvalue weighted by molar-refractivity contribution is 0.319. The van der Waals surface area contributed by atoms with E-state index < -0.39 is 5.56 Å². The Labute approximate surface area is 141 Å². The summed E-state index contributed by atoms with van der Waals surface area (Å²) in [6.45, 7) is 0.530. The Morgan fingerprint density at radius 1 is 1.26 bits per heavy atom. The van der Waals surface area contributed by atoms with Gasteiger partial charge in [0.05, 0.1) is 6.61 Å². The maximum absolute atomic E-state index is 11.9. The monoisotopic (exact) mass is 372 g/mol. The number of nitriles is 2. The normalized spacial score (nSPS) is 9.87. The number of pyridine rings is 1. The van der Waals surface area contributed by atoms with Gasteiger partial charge in [-0.2, -0.15) is 10.5 Å². The minimum Gasteiger partial charge on any atom is -0.494 e. The summed E-state index contributed by atoms with van der Waals surface area (Å²) in [6.07, 6.45) is 0.842. The molecule has 116 valence electrons. The van der Waals surface area contributed by atoms with Crippen molar-refractivity contribution in [1.29, 1.82) is 10.5 Å². The summed E-state index contributed by atoms with van der Waals surface area (Å²) in [6, 6.07) is 10.7. The second-order valence-electron chi connectivity index (χ2n) is 4.64. The maximum atomic E-state index is 11.9. The lowest BCUT2D eigenvalue weighted by atomic mass is 9.96. The van der Waals surface area contributed by atoms with E-state index >= 15 is 0 Å². The molecule has 0 saturated carbocycles. The van der Waals surface area contributed by atoms with E-state index in [9.17, 15) is 15.3 Å². The zero-order chi connectivity index (χ0) is 16.8. The Balaban J connectivity index is 2.59. The number of rotatable bonds is 5. The summed E-state index contributed by atoms with van der Waals surface area (Å²) in [5.41, 5.74) is 5.77. The highest BCUT2D eigenvalue weighted by Gasteiger charge is 2.18. The predicted molar refractivity (Wildman–Crippen MR) is 90.2 cm³/mol. The van der Waals surface area contributed by atoms with E-state index in [4.69, 9.17) is 10.5 Å². The van der Waals surface area contributed by atoms with Gasteiger partial charge in [-0.3, -0.25) is 4.79 Å².